The molecule has 120 valence electrons. The fourth-order valence-electron chi connectivity index (χ4n) is 2.61. The Hall–Kier alpha value is -2.38. The Bertz CT molecular complexity index is 849. The molecule has 2 aromatic rings. The number of sulfonamides is 1. The number of nitrogens with two attached hydrogens (primary N) is 1. The number of rotatable bonds is 4. The van der Waals surface area contributed by atoms with Crippen LogP contribution >= 0.6 is 0 Å². The van der Waals surface area contributed by atoms with E-state index in [0.29, 0.717) is 24.3 Å². The number of aliphatic hydroxyl groups excluding tert-OH is 1. The summed E-state index contributed by atoms with van der Waals surface area (Å²) in [5, 5.41) is 9.95. The molecule has 7 heteroatoms. The smallest absolute Gasteiger partial charge is 0.265 e. The Morgan fingerprint density at radius 2 is 2.13 bits per heavy atom. The lowest BCUT2D eigenvalue weighted by Crippen LogP contribution is -2.29. The van der Waals surface area contributed by atoms with Crippen LogP contribution in [0, 0.1) is 0 Å². The molecule has 1 atom stereocenters. The minimum absolute atomic E-state index is 0.123. The number of hydrogen-bond acceptors (Lipinski definition) is 5. The van der Waals surface area contributed by atoms with Crippen molar-refractivity contribution < 1.29 is 13.5 Å². The largest absolute Gasteiger partial charge is 0.405 e. The maximum atomic E-state index is 12.9. The van der Waals surface area contributed by atoms with E-state index in [1.54, 1.807) is 24.4 Å². The van der Waals surface area contributed by atoms with Crippen molar-refractivity contribution in [2.24, 2.45) is 5.73 Å². The first kappa shape index (κ1) is 15.5. The van der Waals surface area contributed by atoms with Crippen LogP contribution in [0.3, 0.4) is 0 Å². The summed E-state index contributed by atoms with van der Waals surface area (Å²) in [6.07, 6.45) is 3.89. The number of anilines is 1. The molecule has 2 heterocycles. The van der Waals surface area contributed by atoms with Crippen molar-refractivity contribution in [2.45, 2.75) is 17.4 Å². The minimum atomic E-state index is -3.72. The zero-order valence-electron chi connectivity index (χ0n) is 12.3. The van der Waals surface area contributed by atoms with Crippen molar-refractivity contribution in [3.63, 3.8) is 0 Å². The van der Waals surface area contributed by atoms with E-state index < -0.39 is 16.1 Å². The number of benzene rings is 1. The van der Waals surface area contributed by atoms with Crippen LogP contribution in [0.25, 0.3) is 0 Å². The molecule has 0 bridgehead atoms. The monoisotopic (exact) mass is 331 g/mol. The van der Waals surface area contributed by atoms with Gasteiger partial charge in [0.15, 0.2) is 0 Å². The maximum absolute atomic E-state index is 12.9. The number of aromatic nitrogens is 1. The lowest BCUT2D eigenvalue weighted by atomic mass is 10.1. The number of aliphatic hydroxyl groups is 1. The molecule has 1 aliphatic rings. The molecule has 3 rings (SSSR count). The highest BCUT2D eigenvalue weighted by Gasteiger charge is 2.32. The number of pyridine rings is 1. The molecular formula is C16H17N3O3S. The van der Waals surface area contributed by atoms with E-state index in [1.807, 2.05) is 6.07 Å². The summed E-state index contributed by atoms with van der Waals surface area (Å²) in [6, 6.07) is 9.90. The van der Waals surface area contributed by atoms with Crippen LogP contribution in [0.15, 0.2) is 59.8 Å². The predicted octanol–water partition coefficient (Wildman–Crippen LogP) is 1.34. The molecule has 6 nitrogen and oxygen atoms in total. The van der Waals surface area contributed by atoms with Crippen LogP contribution in [0.2, 0.25) is 0 Å². The molecule has 23 heavy (non-hydrogen) atoms. The van der Waals surface area contributed by atoms with Gasteiger partial charge in [-0.15, -0.1) is 0 Å². The molecule has 0 saturated carbocycles. The molecule has 0 saturated heterocycles. The van der Waals surface area contributed by atoms with Gasteiger partial charge in [-0.3, -0.25) is 0 Å². The van der Waals surface area contributed by atoms with Crippen LogP contribution in [-0.4, -0.2) is 25.1 Å². The normalized spacial score (nSPS) is 15.8. The van der Waals surface area contributed by atoms with Gasteiger partial charge in [-0.2, -0.15) is 0 Å². The van der Waals surface area contributed by atoms with Crippen molar-refractivity contribution in [3.8, 4) is 0 Å². The topological polar surface area (TPSA) is 96.5 Å². The second-order valence-corrected chi connectivity index (χ2v) is 7.08. The summed E-state index contributed by atoms with van der Waals surface area (Å²) in [6.45, 7) is 0.365. The van der Waals surface area contributed by atoms with Gasteiger partial charge >= 0.3 is 0 Å². The summed E-state index contributed by atoms with van der Waals surface area (Å²) in [5.74, 6) is 0.473. The molecule has 3 N–H and O–H groups in total. The van der Waals surface area contributed by atoms with Gasteiger partial charge in [0.1, 0.15) is 5.82 Å². The first-order valence-corrected chi connectivity index (χ1v) is 8.61. The van der Waals surface area contributed by atoms with E-state index >= 15 is 0 Å². The molecule has 0 amide bonds. The molecule has 1 aliphatic heterocycles. The van der Waals surface area contributed by atoms with E-state index in [4.69, 9.17) is 5.73 Å². The zero-order chi connectivity index (χ0) is 16.4. The maximum Gasteiger partial charge on any atom is 0.265 e. The standard InChI is InChI=1S/C16H17N3O3S/c17-8-6-15(20)13-3-1-5-14(11-13)23(21,22)19-10-7-12-4-2-9-18-16(12)19/h1-6,8-9,11,15,20H,7,10,17H2/b8-6+. The van der Waals surface area contributed by atoms with E-state index in [-0.39, 0.29) is 4.90 Å². The highest BCUT2D eigenvalue weighted by Crippen LogP contribution is 2.31. The highest BCUT2D eigenvalue weighted by molar-refractivity contribution is 7.92. The van der Waals surface area contributed by atoms with E-state index in [9.17, 15) is 13.5 Å². The highest BCUT2D eigenvalue weighted by atomic mass is 32.2. The van der Waals surface area contributed by atoms with Crippen molar-refractivity contribution in [1.29, 1.82) is 0 Å². The number of fused-ring (bicyclic) bond motifs is 1. The fourth-order valence-corrected chi connectivity index (χ4v) is 4.13. The minimum Gasteiger partial charge on any atom is -0.405 e. The molecule has 0 aliphatic carbocycles. The van der Waals surface area contributed by atoms with Crippen molar-refractivity contribution in [3.05, 3.63) is 66.0 Å². The molecule has 0 radical (unpaired) electrons. The van der Waals surface area contributed by atoms with E-state index in [2.05, 4.69) is 4.98 Å². The third-order valence-electron chi connectivity index (χ3n) is 3.77. The van der Waals surface area contributed by atoms with Crippen molar-refractivity contribution >= 4 is 15.8 Å². The van der Waals surface area contributed by atoms with Crippen LogP contribution < -0.4 is 10.0 Å². The first-order valence-electron chi connectivity index (χ1n) is 7.17. The molecule has 1 aromatic heterocycles. The number of nitrogens with zero attached hydrogens (tertiary/aromatic N) is 2. The van der Waals surface area contributed by atoms with E-state index in [0.717, 1.165) is 5.56 Å². The molecule has 0 fully saturated rings. The van der Waals surface area contributed by atoms with Crippen LogP contribution in [0.5, 0.6) is 0 Å². The van der Waals surface area contributed by atoms with E-state index in [1.165, 1.54) is 28.7 Å². The average Bonchev–Trinajstić information content (AvgIpc) is 3.00. The lowest BCUT2D eigenvalue weighted by molar-refractivity contribution is 0.228. The Morgan fingerprint density at radius 3 is 2.91 bits per heavy atom. The van der Waals surface area contributed by atoms with Gasteiger partial charge in [-0.25, -0.2) is 17.7 Å². The van der Waals surface area contributed by atoms with Crippen molar-refractivity contribution in [2.75, 3.05) is 10.8 Å². The summed E-state index contributed by atoms with van der Waals surface area (Å²) in [5.41, 5.74) is 6.65. The zero-order valence-corrected chi connectivity index (χ0v) is 13.1. The van der Waals surface area contributed by atoms with Crippen LogP contribution in [0.1, 0.15) is 17.2 Å². The molecular weight excluding hydrogens is 314 g/mol. The second-order valence-electron chi connectivity index (χ2n) is 5.22. The van der Waals surface area contributed by atoms with Gasteiger partial charge in [-0.1, -0.05) is 18.2 Å². The summed E-state index contributed by atoms with van der Waals surface area (Å²) < 4.78 is 27.1. The quantitative estimate of drug-likeness (QED) is 0.881. The van der Waals surface area contributed by atoms with Crippen LogP contribution in [-0.2, 0) is 16.4 Å². The average molecular weight is 331 g/mol. The third kappa shape index (κ3) is 2.80. The van der Waals surface area contributed by atoms with Crippen LogP contribution in [0.4, 0.5) is 5.82 Å². The summed E-state index contributed by atoms with van der Waals surface area (Å²) in [4.78, 5) is 4.31. The SMILES string of the molecule is N/C=C/C(O)c1cccc(S(=O)(=O)N2CCc3cccnc32)c1. The van der Waals surface area contributed by atoms with Gasteiger partial charge in [0.25, 0.3) is 10.0 Å². The van der Waals surface area contributed by atoms with Crippen molar-refractivity contribution in [1.82, 2.24) is 4.98 Å². The predicted molar refractivity (Wildman–Crippen MR) is 87.2 cm³/mol. The lowest BCUT2D eigenvalue weighted by Gasteiger charge is -2.19. The van der Waals surface area contributed by atoms with Gasteiger partial charge in [0.2, 0.25) is 0 Å². The fraction of sp³-hybridized carbons (Fsp3) is 0.188. The summed E-state index contributed by atoms with van der Waals surface area (Å²) >= 11 is 0. The van der Waals surface area contributed by atoms with Gasteiger partial charge in [0, 0.05) is 12.7 Å². The third-order valence-corrected chi connectivity index (χ3v) is 5.55. The Morgan fingerprint density at radius 1 is 1.30 bits per heavy atom. The molecule has 0 spiro atoms. The van der Waals surface area contributed by atoms with Gasteiger partial charge in [-0.05, 0) is 48.0 Å². The Kier molecular flexibility index (Phi) is 4.06. The molecule has 1 unspecified atom stereocenters. The second kappa shape index (κ2) is 6.02. The first-order chi connectivity index (χ1) is 11.0. The number of hydrogen-bond donors (Lipinski definition) is 2. The van der Waals surface area contributed by atoms with Gasteiger partial charge in [0.05, 0.1) is 11.0 Å². The Balaban J connectivity index is 2.00. The summed E-state index contributed by atoms with van der Waals surface area (Å²) in [7, 11) is -3.72. The Labute approximate surface area is 134 Å². The molecule has 1 aromatic carbocycles. The van der Waals surface area contributed by atoms with Gasteiger partial charge < -0.3 is 10.8 Å².